The van der Waals surface area contributed by atoms with Crippen LogP contribution >= 0.6 is 0 Å². The number of benzene rings is 2. The summed E-state index contributed by atoms with van der Waals surface area (Å²) in [6.07, 6.45) is 1.43. The van der Waals surface area contributed by atoms with Gasteiger partial charge in [0.2, 0.25) is 5.91 Å². The SMILES string of the molecule is COc1ccccc1CCNCCC(=O)Nc1ccc(OC(C)C)cc1. The van der Waals surface area contributed by atoms with Gasteiger partial charge in [-0.15, -0.1) is 0 Å². The van der Waals surface area contributed by atoms with Crippen LogP contribution in [0.4, 0.5) is 5.69 Å². The van der Waals surface area contributed by atoms with Crippen molar-refractivity contribution in [2.45, 2.75) is 32.8 Å². The second kappa shape index (κ2) is 10.5. The van der Waals surface area contributed by atoms with Gasteiger partial charge in [0.1, 0.15) is 11.5 Å². The zero-order valence-electron chi connectivity index (χ0n) is 15.7. The van der Waals surface area contributed by atoms with Gasteiger partial charge in [-0.1, -0.05) is 18.2 Å². The molecule has 0 aliphatic carbocycles. The Balaban J connectivity index is 1.66. The molecule has 0 bridgehead atoms. The summed E-state index contributed by atoms with van der Waals surface area (Å²) in [5.74, 6) is 1.69. The number of ether oxygens (including phenoxy) is 2. The molecule has 5 heteroatoms. The first kappa shape index (κ1) is 19.8. The van der Waals surface area contributed by atoms with Gasteiger partial charge in [-0.3, -0.25) is 4.79 Å². The topological polar surface area (TPSA) is 59.6 Å². The molecule has 0 unspecified atom stereocenters. The van der Waals surface area contributed by atoms with Gasteiger partial charge in [0.15, 0.2) is 0 Å². The lowest BCUT2D eigenvalue weighted by Crippen LogP contribution is -2.23. The molecule has 5 nitrogen and oxygen atoms in total. The second-order valence-electron chi connectivity index (χ2n) is 6.30. The van der Waals surface area contributed by atoms with Crippen molar-refractivity contribution in [3.8, 4) is 11.5 Å². The summed E-state index contributed by atoms with van der Waals surface area (Å²) in [7, 11) is 1.68. The average Bonchev–Trinajstić information content (AvgIpc) is 2.63. The van der Waals surface area contributed by atoms with Crippen LogP contribution in [0.5, 0.6) is 11.5 Å². The third-order valence-corrected chi connectivity index (χ3v) is 3.80. The van der Waals surface area contributed by atoms with Gasteiger partial charge < -0.3 is 20.1 Å². The van der Waals surface area contributed by atoms with Crippen LogP contribution in [-0.2, 0) is 11.2 Å². The van der Waals surface area contributed by atoms with Crippen LogP contribution < -0.4 is 20.1 Å². The van der Waals surface area contributed by atoms with Gasteiger partial charge in [-0.25, -0.2) is 0 Å². The molecule has 26 heavy (non-hydrogen) atoms. The first-order chi connectivity index (χ1) is 12.6. The molecule has 0 saturated heterocycles. The van der Waals surface area contributed by atoms with Gasteiger partial charge in [-0.05, 0) is 62.7 Å². The number of para-hydroxylation sites is 1. The maximum atomic E-state index is 12.0. The van der Waals surface area contributed by atoms with E-state index in [1.54, 1.807) is 7.11 Å². The molecule has 0 atom stereocenters. The first-order valence-electron chi connectivity index (χ1n) is 8.97. The summed E-state index contributed by atoms with van der Waals surface area (Å²) >= 11 is 0. The second-order valence-corrected chi connectivity index (χ2v) is 6.30. The van der Waals surface area contributed by atoms with E-state index in [4.69, 9.17) is 9.47 Å². The molecule has 2 N–H and O–H groups in total. The molecular formula is C21H28N2O3. The van der Waals surface area contributed by atoms with E-state index in [1.807, 2.05) is 56.3 Å². The normalized spacial score (nSPS) is 10.6. The Labute approximate surface area is 155 Å². The van der Waals surface area contributed by atoms with E-state index < -0.39 is 0 Å². The predicted octanol–water partition coefficient (Wildman–Crippen LogP) is 3.64. The Morgan fingerprint density at radius 1 is 1.04 bits per heavy atom. The Morgan fingerprint density at radius 3 is 2.46 bits per heavy atom. The molecule has 2 rings (SSSR count). The summed E-state index contributed by atoms with van der Waals surface area (Å²) in [6.45, 7) is 5.40. The minimum absolute atomic E-state index is 0.00711. The van der Waals surface area contributed by atoms with Crippen molar-refractivity contribution in [3.05, 3.63) is 54.1 Å². The summed E-state index contributed by atoms with van der Waals surface area (Å²) in [5.41, 5.74) is 1.94. The van der Waals surface area contributed by atoms with E-state index in [9.17, 15) is 4.79 Å². The minimum Gasteiger partial charge on any atom is -0.496 e. The maximum absolute atomic E-state index is 12.0. The van der Waals surface area contributed by atoms with E-state index in [1.165, 1.54) is 0 Å². The molecule has 0 aliphatic heterocycles. The number of carbonyl (C=O) groups is 1. The Bertz CT molecular complexity index is 684. The fourth-order valence-corrected chi connectivity index (χ4v) is 2.57. The van der Waals surface area contributed by atoms with Crippen molar-refractivity contribution in [1.82, 2.24) is 5.32 Å². The summed E-state index contributed by atoms with van der Waals surface area (Å²) < 4.78 is 10.9. The van der Waals surface area contributed by atoms with E-state index in [0.717, 1.165) is 35.7 Å². The van der Waals surface area contributed by atoms with E-state index in [-0.39, 0.29) is 12.0 Å². The average molecular weight is 356 g/mol. The van der Waals surface area contributed by atoms with E-state index >= 15 is 0 Å². The van der Waals surface area contributed by atoms with Gasteiger partial charge >= 0.3 is 0 Å². The number of methoxy groups -OCH3 is 1. The number of amides is 1. The standard InChI is InChI=1S/C21H28N2O3/c1-16(2)26-19-10-8-18(9-11-19)23-21(24)13-15-22-14-12-17-6-4-5-7-20(17)25-3/h4-11,16,22H,12-15H2,1-3H3,(H,23,24). The number of hydrogen-bond acceptors (Lipinski definition) is 4. The maximum Gasteiger partial charge on any atom is 0.225 e. The molecular weight excluding hydrogens is 328 g/mol. The van der Waals surface area contributed by atoms with Gasteiger partial charge in [0, 0.05) is 18.7 Å². The van der Waals surface area contributed by atoms with Crippen LogP contribution in [0, 0.1) is 0 Å². The zero-order valence-corrected chi connectivity index (χ0v) is 15.7. The lowest BCUT2D eigenvalue weighted by Gasteiger charge is -2.11. The summed E-state index contributed by atoms with van der Waals surface area (Å²) in [6, 6.07) is 15.4. The monoisotopic (exact) mass is 356 g/mol. The fourth-order valence-electron chi connectivity index (χ4n) is 2.57. The predicted molar refractivity (Wildman–Crippen MR) is 105 cm³/mol. The lowest BCUT2D eigenvalue weighted by atomic mass is 10.1. The highest BCUT2D eigenvalue weighted by molar-refractivity contribution is 5.90. The molecule has 0 aliphatic rings. The largest absolute Gasteiger partial charge is 0.496 e. The number of nitrogens with one attached hydrogen (secondary N) is 2. The highest BCUT2D eigenvalue weighted by Crippen LogP contribution is 2.18. The summed E-state index contributed by atoms with van der Waals surface area (Å²) in [4.78, 5) is 12.0. The van der Waals surface area contributed by atoms with Crippen LogP contribution in [0.15, 0.2) is 48.5 Å². The highest BCUT2D eigenvalue weighted by atomic mass is 16.5. The van der Waals surface area contributed by atoms with Crippen LogP contribution in [0.25, 0.3) is 0 Å². The zero-order chi connectivity index (χ0) is 18.8. The molecule has 140 valence electrons. The lowest BCUT2D eigenvalue weighted by molar-refractivity contribution is -0.116. The summed E-state index contributed by atoms with van der Waals surface area (Å²) in [5, 5.41) is 6.19. The Morgan fingerprint density at radius 2 is 1.77 bits per heavy atom. The Hall–Kier alpha value is -2.53. The van der Waals surface area contributed by atoms with Crippen molar-refractivity contribution in [1.29, 1.82) is 0 Å². The van der Waals surface area contributed by atoms with Crippen LogP contribution in [0.3, 0.4) is 0 Å². The number of anilines is 1. The van der Waals surface area contributed by atoms with Crippen molar-refractivity contribution in [3.63, 3.8) is 0 Å². The molecule has 0 fully saturated rings. The molecule has 2 aromatic carbocycles. The van der Waals surface area contributed by atoms with Crippen molar-refractivity contribution in [2.75, 3.05) is 25.5 Å². The third-order valence-electron chi connectivity index (χ3n) is 3.80. The van der Waals surface area contributed by atoms with Crippen LogP contribution in [-0.4, -0.2) is 32.2 Å². The number of rotatable bonds is 10. The Kier molecular flexibility index (Phi) is 7.96. The highest BCUT2D eigenvalue weighted by Gasteiger charge is 2.04. The minimum atomic E-state index is -0.00711. The quantitative estimate of drug-likeness (QED) is 0.638. The smallest absolute Gasteiger partial charge is 0.225 e. The third kappa shape index (κ3) is 6.76. The van der Waals surface area contributed by atoms with Crippen molar-refractivity contribution < 1.29 is 14.3 Å². The van der Waals surface area contributed by atoms with E-state index in [0.29, 0.717) is 13.0 Å². The molecule has 0 aromatic heterocycles. The van der Waals surface area contributed by atoms with Crippen LogP contribution in [0.1, 0.15) is 25.8 Å². The number of hydrogen-bond donors (Lipinski definition) is 2. The first-order valence-corrected chi connectivity index (χ1v) is 8.97. The van der Waals surface area contributed by atoms with Gasteiger partial charge in [0.25, 0.3) is 0 Å². The van der Waals surface area contributed by atoms with Crippen molar-refractivity contribution >= 4 is 11.6 Å². The molecule has 0 spiro atoms. The molecule has 0 saturated carbocycles. The van der Waals surface area contributed by atoms with Gasteiger partial charge in [0.05, 0.1) is 13.2 Å². The van der Waals surface area contributed by atoms with Gasteiger partial charge in [-0.2, -0.15) is 0 Å². The number of carbonyl (C=O) groups excluding carboxylic acids is 1. The molecule has 2 aromatic rings. The molecule has 0 heterocycles. The molecule has 0 radical (unpaired) electrons. The van der Waals surface area contributed by atoms with Crippen LogP contribution in [0.2, 0.25) is 0 Å². The van der Waals surface area contributed by atoms with E-state index in [2.05, 4.69) is 16.7 Å². The molecule has 1 amide bonds. The van der Waals surface area contributed by atoms with Crippen molar-refractivity contribution in [2.24, 2.45) is 0 Å². The fraction of sp³-hybridized carbons (Fsp3) is 0.381.